The Labute approximate surface area is 123 Å². The van der Waals surface area contributed by atoms with Gasteiger partial charge in [-0.05, 0) is 30.4 Å². The van der Waals surface area contributed by atoms with Crippen molar-refractivity contribution in [2.24, 2.45) is 0 Å². The lowest BCUT2D eigenvalue weighted by molar-refractivity contribution is -0.139. The van der Waals surface area contributed by atoms with Crippen LogP contribution in [0.4, 0.5) is 4.79 Å². The van der Waals surface area contributed by atoms with E-state index in [1.807, 2.05) is 12.3 Å². The Balaban J connectivity index is 2.47. The summed E-state index contributed by atoms with van der Waals surface area (Å²) in [4.78, 5) is 24.7. The van der Waals surface area contributed by atoms with E-state index in [0.717, 1.165) is 6.42 Å². The number of ether oxygens (including phenoxy) is 1. The van der Waals surface area contributed by atoms with E-state index in [1.54, 1.807) is 23.8 Å². The molecule has 1 heterocycles. The molecule has 1 aliphatic heterocycles. The van der Waals surface area contributed by atoms with Crippen LogP contribution in [-0.4, -0.2) is 66.9 Å². The summed E-state index contributed by atoms with van der Waals surface area (Å²) in [6.45, 7) is 1.68. The molecule has 0 fully saturated rings. The van der Waals surface area contributed by atoms with Crippen molar-refractivity contribution < 1.29 is 19.4 Å². The van der Waals surface area contributed by atoms with Crippen LogP contribution in [0.15, 0.2) is 11.6 Å². The molecule has 0 bridgehead atoms. The number of carboxylic acid groups (broad SMARTS) is 1. The molecular weight excluding hydrogens is 280 g/mol. The van der Waals surface area contributed by atoms with E-state index in [-0.39, 0.29) is 6.03 Å². The Morgan fingerprint density at radius 1 is 1.60 bits per heavy atom. The highest BCUT2D eigenvalue weighted by Gasteiger charge is 2.23. The lowest BCUT2D eigenvalue weighted by Gasteiger charge is -2.28. The predicted molar refractivity (Wildman–Crippen MR) is 79.1 cm³/mol. The third-order valence-corrected chi connectivity index (χ3v) is 3.77. The second-order valence-electron chi connectivity index (χ2n) is 4.61. The van der Waals surface area contributed by atoms with Crippen molar-refractivity contribution in [3.8, 4) is 0 Å². The zero-order chi connectivity index (χ0) is 15.0. The number of carbonyl (C=O) groups is 2. The van der Waals surface area contributed by atoms with Crippen molar-refractivity contribution in [1.29, 1.82) is 0 Å². The number of rotatable bonds is 7. The highest BCUT2D eigenvalue weighted by atomic mass is 32.2. The van der Waals surface area contributed by atoms with Gasteiger partial charge in [0.2, 0.25) is 0 Å². The molecule has 0 spiro atoms. The van der Waals surface area contributed by atoms with E-state index in [2.05, 4.69) is 5.32 Å². The molecule has 6 nitrogen and oxygen atoms in total. The van der Waals surface area contributed by atoms with Gasteiger partial charge < -0.3 is 20.1 Å². The first kappa shape index (κ1) is 16.8. The molecular formula is C13H22N2O4S. The van der Waals surface area contributed by atoms with Crippen LogP contribution >= 0.6 is 11.8 Å². The van der Waals surface area contributed by atoms with Crippen molar-refractivity contribution in [3.05, 3.63) is 11.6 Å². The Bertz CT molecular complexity index is 373. The number of nitrogens with one attached hydrogen (secondary N) is 1. The molecule has 0 saturated carbocycles. The Morgan fingerprint density at radius 3 is 2.85 bits per heavy atom. The first-order valence-electron chi connectivity index (χ1n) is 6.52. The van der Waals surface area contributed by atoms with Gasteiger partial charge in [-0.2, -0.15) is 11.8 Å². The van der Waals surface area contributed by atoms with Gasteiger partial charge in [0.25, 0.3) is 0 Å². The van der Waals surface area contributed by atoms with E-state index >= 15 is 0 Å². The molecule has 1 aliphatic rings. The molecule has 114 valence electrons. The standard InChI is InChI=1S/C13H22N2O4S/c1-19-9-10-3-6-15(7-4-10)13(18)14-11(12(16)17)5-8-20-2/h3,11H,4-9H2,1-2H3,(H,14,18)(H,16,17)/t11-/m0/s1. The SMILES string of the molecule is COCC1=CCN(C(=O)N[C@@H](CCSC)C(=O)O)CC1. The van der Waals surface area contributed by atoms with Gasteiger partial charge in [0.1, 0.15) is 6.04 Å². The van der Waals surface area contributed by atoms with E-state index in [4.69, 9.17) is 9.84 Å². The summed E-state index contributed by atoms with van der Waals surface area (Å²) in [6, 6.07) is -1.13. The lowest BCUT2D eigenvalue weighted by Crippen LogP contribution is -2.49. The second-order valence-corrected chi connectivity index (χ2v) is 5.60. The van der Waals surface area contributed by atoms with E-state index in [9.17, 15) is 9.59 Å². The van der Waals surface area contributed by atoms with Crippen LogP contribution in [0.3, 0.4) is 0 Å². The van der Waals surface area contributed by atoms with Crippen LogP contribution in [0.25, 0.3) is 0 Å². The maximum Gasteiger partial charge on any atom is 0.326 e. The van der Waals surface area contributed by atoms with E-state index < -0.39 is 12.0 Å². The van der Waals surface area contributed by atoms with Crippen molar-refractivity contribution in [2.75, 3.05) is 38.8 Å². The molecule has 0 aliphatic carbocycles. The zero-order valence-electron chi connectivity index (χ0n) is 11.9. The lowest BCUT2D eigenvalue weighted by atomic mass is 10.1. The zero-order valence-corrected chi connectivity index (χ0v) is 12.7. The predicted octanol–water partition coefficient (Wildman–Crippen LogP) is 1.18. The third-order valence-electron chi connectivity index (χ3n) is 3.13. The summed E-state index contributed by atoms with van der Waals surface area (Å²) in [5.74, 6) is -0.283. The summed E-state index contributed by atoms with van der Waals surface area (Å²) in [5.41, 5.74) is 1.17. The molecule has 0 saturated heterocycles. The highest BCUT2D eigenvalue weighted by molar-refractivity contribution is 7.98. The van der Waals surface area contributed by atoms with Crippen molar-refractivity contribution in [3.63, 3.8) is 0 Å². The number of aliphatic carboxylic acids is 1. The minimum absolute atomic E-state index is 0.314. The molecule has 0 aromatic carbocycles. The smallest absolute Gasteiger partial charge is 0.326 e. The summed E-state index contributed by atoms with van der Waals surface area (Å²) in [5, 5.41) is 11.7. The molecule has 2 amide bonds. The fourth-order valence-corrected chi connectivity index (χ4v) is 2.42. The molecule has 7 heteroatoms. The average Bonchev–Trinajstić information content (AvgIpc) is 2.44. The number of amides is 2. The molecule has 20 heavy (non-hydrogen) atoms. The fraction of sp³-hybridized carbons (Fsp3) is 0.692. The number of methoxy groups -OCH3 is 1. The van der Waals surface area contributed by atoms with E-state index in [1.165, 1.54) is 5.57 Å². The molecule has 1 rings (SSSR count). The molecule has 0 aromatic rings. The fourth-order valence-electron chi connectivity index (χ4n) is 1.95. The summed E-state index contributed by atoms with van der Waals surface area (Å²) < 4.78 is 5.05. The monoisotopic (exact) mass is 302 g/mol. The minimum atomic E-state index is -0.986. The van der Waals surface area contributed by atoms with Crippen LogP contribution in [0.5, 0.6) is 0 Å². The Hall–Kier alpha value is -1.21. The molecule has 2 N–H and O–H groups in total. The normalized spacial score (nSPS) is 16.5. The number of carboxylic acids is 1. The van der Waals surface area contributed by atoms with Crippen LogP contribution in [0.1, 0.15) is 12.8 Å². The van der Waals surface area contributed by atoms with Crippen LogP contribution < -0.4 is 5.32 Å². The molecule has 0 aromatic heterocycles. The summed E-state index contributed by atoms with van der Waals surface area (Å²) in [7, 11) is 1.64. The largest absolute Gasteiger partial charge is 0.480 e. The minimum Gasteiger partial charge on any atom is -0.480 e. The average molecular weight is 302 g/mol. The quantitative estimate of drug-likeness (QED) is 0.690. The van der Waals surface area contributed by atoms with Crippen LogP contribution in [0.2, 0.25) is 0 Å². The molecule has 0 radical (unpaired) electrons. The van der Waals surface area contributed by atoms with Gasteiger partial charge in [0.05, 0.1) is 6.61 Å². The van der Waals surface area contributed by atoms with Crippen molar-refractivity contribution in [1.82, 2.24) is 10.2 Å². The van der Waals surface area contributed by atoms with Gasteiger partial charge >= 0.3 is 12.0 Å². The van der Waals surface area contributed by atoms with Crippen LogP contribution in [-0.2, 0) is 9.53 Å². The van der Waals surface area contributed by atoms with Gasteiger partial charge in [-0.25, -0.2) is 9.59 Å². The van der Waals surface area contributed by atoms with Gasteiger partial charge in [-0.3, -0.25) is 0 Å². The summed E-state index contributed by atoms with van der Waals surface area (Å²) in [6.07, 6.45) is 5.07. The maximum atomic E-state index is 12.0. The number of urea groups is 1. The highest BCUT2D eigenvalue weighted by Crippen LogP contribution is 2.11. The van der Waals surface area contributed by atoms with Crippen molar-refractivity contribution in [2.45, 2.75) is 18.9 Å². The number of nitrogens with zero attached hydrogens (tertiary/aromatic N) is 1. The molecule has 0 unspecified atom stereocenters. The Kier molecular flexibility index (Phi) is 7.46. The molecule has 1 atom stereocenters. The first-order chi connectivity index (χ1) is 9.58. The Morgan fingerprint density at radius 2 is 2.35 bits per heavy atom. The van der Waals surface area contributed by atoms with E-state index in [0.29, 0.717) is 31.9 Å². The van der Waals surface area contributed by atoms with Crippen LogP contribution in [0, 0.1) is 0 Å². The summed E-state index contributed by atoms with van der Waals surface area (Å²) >= 11 is 1.56. The second kappa shape index (κ2) is 8.86. The van der Waals surface area contributed by atoms with Gasteiger partial charge in [-0.1, -0.05) is 6.08 Å². The topological polar surface area (TPSA) is 78.9 Å². The number of hydrogen-bond acceptors (Lipinski definition) is 4. The van der Waals surface area contributed by atoms with Gasteiger partial charge in [0.15, 0.2) is 0 Å². The van der Waals surface area contributed by atoms with Gasteiger partial charge in [-0.15, -0.1) is 0 Å². The van der Waals surface area contributed by atoms with Gasteiger partial charge in [0, 0.05) is 20.2 Å². The number of hydrogen-bond donors (Lipinski definition) is 2. The number of thioether (sulfide) groups is 1. The number of carbonyl (C=O) groups excluding carboxylic acids is 1. The maximum absolute atomic E-state index is 12.0. The first-order valence-corrected chi connectivity index (χ1v) is 7.92. The third kappa shape index (κ3) is 5.42. The van der Waals surface area contributed by atoms with Crippen molar-refractivity contribution >= 4 is 23.8 Å².